The van der Waals surface area contributed by atoms with Crippen molar-refractivity contribution in [2.24, 2.45) is 0 Å². The van der Waals surface area contributed by atoms with Crippen LogP contribution in [0, 0.1) is 11.3 Å². The Morgan fingerprint density at radius 3 is 2.65 bits per heavy atom. The molecule has 3 aromatic rings. The number of pyridine rings is 1. The number of alkyl halides is 3. The minimum absolute atomic E-state index is 0.0613. The maximum Gasteiger partial charge on any atom is 0.417 e. The molecule has 0 aliphatic rings. The first-order valence-electron chi connectivity index (χ1n) is 7.34. The van der Waals surface area contributed by atoms with Crippen LogP contribution in [-0.2, 0) is 12.7 Å². The first kappa shape index (κ1) is 17.3. The Morgan fingerprint density at radius 2 is 2.00 bits per heavy atom. The number of aromatic amines is 1. The number of hydrogen-bond donors (Lipinski definition) is 2. The van der Waals surface area contributed by atoms with Gasteiger partial charge in [-0.05, 0) is 18.2 Å². The smallest absolute Gasteiger partial charge is 0.417 e. The lowest BCUT2D eigenvalue weighted by Crippen LogP contribution is -2.22. The molecule has 0 bridgehead atoms. The van der Waals surface area contributed by atoms with Crippen molar-refractivity contribution >= 4 is 16.6 Å². The van der Waals surface area contributed by atoms with Crippen molar-refractivity contribution in [2.75, 3.05) is 0 Å². The number of aromatic nitrogens is 3. The largest absolute Gasteiger partial charge is 0.509 e. The van der Waals surface area contributed by atoms with Gasteiger partial charge in [-0.25, -0.2) is 4.98 Å². The highest BCUT2D eigenvalue weighted by Gasteiger charge is 2.31. The Kier molecular flexibility index (Phi) is 4.26. The predicted octanol–water partition coefficient (Wildman–Crippen LogP) is 3.24. The van der Waals surface area contributed by atoms with E-state index in [9.17, 15) is 28.3 Å². The number of allylic oxidation sites excluding steroid dienone is 2. The lowest BCUT2D eigenvalue weighted by Gasteiger charge is -2.10. The highest BCUT2D eigenvalue weighted by atomic mass is 19.4. The zero-order valence-electron chi connectivity index (χ0n) is 13.1. The van der Waals surface area contributed by atoms with Crippen molar-refractivity contribution in [1.82, 2.24) is 14.5 Å². The van der Waals surface area contributed by atoms with E-state index in [0.29, 0.717) is 27.9 Å². The van der Waals surface area contributed by atoms with E-state index >= 15 is 0 Å². The average molecular weight is 360 g/mol. The number of aliphatic hydroxyl groups is 1. The number of hydrogen-bond acceptors (Lipinski definition) is 4. The summed E-state index contributed by atoms with van der Waals surface area (Å²) in [7, 11) is 0. The summed E-state index contributed by atoms with van der Waals surface area (Å²) in [6, 6.07) is 10.1. The minimum atomic E-state index is -4.63. The van der Waals surface area contributed by atoms with E-state index < -0.39 is 29.6 Å². The van der Waals surface area contributed by atoms with Gasteiger partial charge in [-0.15, -0.1) is 0 Å². The van der Waals surface area contributed by atoms with E-state index in [4.69, 9.17) is 0 Å². The number of aliphatic hydroxyl groups excluding tert-OH is 1. The molecule has 9 heteroatoms. The summed E-state index contributed by atoms with van der Waals surface area (Å²) in [6.45, 7) is -0.595. The fourth-order valence-corrected chi connectivity index (χ4v) is 2.39. The molecule has 0 unspecified atom stereocenters. The number of rotatable bonds is 3. The molecule has 0 spiro atoms. The Morgan fingerprint density at radius 1 is 1.27 bits per heavy atom. The van der Waals surface area contributed by atoms with E-state index in [1.54, 1.807) is 30.3 Å². The summed E-state index contributed by atoms with van der Waals surface area (Å²) in [5.41, 5.74) is -0.859. The molecule has 0 amide bonds. The lowest BCUT2D eigenvalue weighted by atomic mass is 10.2. The third-order valence-corrected chi connectivity index (χ3v) is 3.66. The standard InChI is InChI=1S/C17H11F3N4O2/c18-17(19,20)10-5-6-15(26)24(8-10)9-14(25)11(7-21)16-22-12-3-1-2-4-13(12)23-16/h1-6,8,25H,9H2,(H,22,23)/b14-11-. The van der Waals surface area contributed by atoms with Crippen LogP contribution < -0.4 is 5.56 Å². The zero-order chi connectivity index (χ0) is 18.9. The molecule has 0 saturated carbocycles. The number of nitrogens with one attached hydrogen (secondary N) is 1. The van der Waals surface area contributed by atoms with Gasteiger partial charge in [0.25, 0.3) is 5.56 Å². The van der Waals surface area contributed by atoms with Gasteiger partial charge >= 0.3 is 6.18 Å². The van der Waals surface area contributed by atoms with Crippen LogP contribution in [0.3, 0.4) is 0 Å². The van der Waals surface area contributed by atoms with Crippen molar-refractivity contribution in [1.29, 1.82) is 5.26 Å². The Bertz CT molecular complexity index is 1070. The van der Waals surface area contributed by atoms with E-state index in [1.165, 1.54) is 0 Å². The lowest BCUT2D eigenvalue weighted by molar-refractivity contribution is -0.138. The van der Waals surface area contributed by atoms with E-state index in [-0.39, 0.29) is 11.4 Å². The number of H-pyrrole nitrogens is 1. The molecule has 0 fully saturated rings. The maximum atomic E-state index is 12.8. The second-order valence-electron chi connectivity index (χ2n) is 5.42. The first-order chi connectivity index (χ1) is 12.3. The number of fused-ring (bicyclic) bond motifs is 1. The number of halogens is 3. The third-order valence-electron chi connectivity index (χ3n) is 3.66. The van der Waals surface area contributed by atoms with Crippen LogP contribution >= 0.6 is 0 Å². The van der Waals surface area contributed by atoms with Crippen molar-refractivity contribution < 1.29 is 18.3 Å². The molecule has 2 aromatic heterocycles. The summed E-state index contributed by atoms with van der Waals surface area (Å²) in [5, 5.41) is 19.5. The summed E-state index contributed by atoms with van der Waals surface area (Å²) in [6.07, 6.45) is -4.04. The van der Waals surface area contributed by atoms with Crippen molar-refractivity contribution in [3.8, 4) is 6.07 Å². The molecular formula is C17H11F3N4O2. The molecule has 0 radical (unpaired) electrons. The normalized spacial score (nSPS) is 12.7. The topological polar surface area (TPSA) is 94.7 Å². The summed E-state index contributed by atoms with van der Waals surface area (Å²) < 4.78 is 39.0. The number of benzene rings is 1. The van der Waals surface area contributed by atoms with Gasteiger partial charge < -0.3 is 14.7 Å². The summed E-state index contributed by atoms with van der Waals surface area (Å²) in [4.78, 5) is 18.8. The van der Waals surface area contributed by atoms with Crippen LogP contribution in [0.25, 0.3) is 16.6 Å². The fraction of sp³-hybridized carbons (Fsp3) is 0.118. The van der Waals surface area contributed by atoms with Gasteiger partial charge in [0.1, 0.15) is 17.4 Å². The molecule has 1 aromatic carbocycles. The summed E-state index contributed by atoms with van der Waals surface area (Å²) >= 11 is 0. The Hall–Kier alpha value is -3.54. The molecule has 132 valence electrons. The highest BCUT2D eigenvalue weighted by molar-refractivity contribution is 5.82. The second kappa shape index (κ2) is 6.40. The quantitative estimate of drug-likeness (QED) is 0.554. The number of para-hydroxylation sites is 2. The molecule has 0 aliphatic heterocycles. The van der Waals surface area contributed by atoms with Crippen LogP contribution in [0.15, 0.2) is 53.1 Å². The molecule has 3 rings (SSSR count). The monoisotopic (exact) mass is 360 g/mol. The molecule has 2 N–H and O–H groups in total. The molecule has 6 nitrogen and oxygen atoms in total. The molecule has 0 saturated heterocycles. The van der Waals surface area contributed by atoms with E-state index in [0.717, 1.165) is 6.07 Å². The van der Waals surface area contributed by atoms with Crippen LogP contribution in [0.4, 0.5) is 13.2 Å². The molecule has 0 aliphatic carbocycles. The third kappa shape index (κ3) is 3.30. The van der Waals surface area contributed by atoms with Gasteiger partial charge in [-0.2, -0.15) is 18.4 Å². The van der Waals surface area contributed by atoms with Gasteiger partial charge in [0.2, 0.25) is 0 Å². The van der Waals surface area contributed by atoms with Crippen LogP contribution in [0.2, 0.25) is 0 Å². The highest BCUT2D eigenvalue weighted by Crippen LogP contribution is 2.28. The van der Waals surface area contributed by atoms with Crippen molar-refractivity contribution in [3.63, 3.8) is 0 Å². The first-order valence-corrected chi connectivity index (χ1v) is 7.34. The molecule has 2 heterocycles. The van der Waals surface area contributed by atoms with Crippen LogP contribution in [0.1, 0.15) is 11.4 Å². The number of imidazole rings is 1. The maximum absolute atomic E-state index is 12.8. The SMILES string of the molecule is N#C/C(=C(/O)Cn1cc(C(F)(F)F)ccc1=O)c1nc2ccccc2[nH]1. The molecule has 26 heavy (non-hydrogen) atoms. The van der Waals surface area contributed by atoms with Gasteiger partial charge in [0, 0.05) is 12.3 Å². The minimum Gasteiger partial charge on any atom is -0.509 e. The summed E-state index contributed by atoms with van der Waals surface area (Å²) in [5.74, 6) is -0.515. The molecule has 0 atom stereocenters. The van der Waals surface area contributed by atoms with Crippen molar-refractivity contribution in [2.45, 2.75) is 12.7 Å². The van der Waals surface area contributed by atoms with Crippen LogP contribution in [-0.4, -0.2) is 19.6 Å². The number of nitrogens with zero attached hydrogens (tertiary/aromatic N) is 3. The predicted molar refractivity (Wildman–Crippen MR) is 87.0 cm³/mol. The molecular weight excluding hydrogens is 349 g/mol. The van der Waals surface area contributed by atoms with E-state index in [2.05, 4.69) is 9.97 Å². The van der Waals surface area contributed by atoms with Gasteiger partial charge in [0.15, 0.2) is 5.82 Å². The van der Waals surface area contributed by atoms with Crippen LogP contribution in [0.5, 0.6) is 0 Å². The number of nitriles is 1. The van der Waals surface area contributed by atoms with Crippen molar-refractivity contribution in [3.05, 3.63) is 70.1 Å². The Balaban J connectivity index is 2.02. The van der Waals surface area contributed by atoms with Gasteiger partial charge in [-0.1, -0.05) is 12.1 Å². The fourth-order valence-electron chi connectivity index (χ4n) is 2.39. The average Bonchev–Trinajstić information content (AvgIpc) is 3.00. The van der Waals surface area contributed by atoms with Gasteiger partial charge in [0.05, 0.1) is 23.1 Å². The second-order valence-corrected chi connectivity index (χ2v) is 5.42. The van der Waals surface area contributed by atoms with E-state index in [1.807, 2.05) is 0 Å². The van der Waals surface area contributed by atoms with Gasteiger partial charge in [-0.3, -0.25) is 4.79 Å². The zero-order valence-corrected chi connectivity index (χ0v) is 13.1. The Labute approximate surface area is 144 Å².